The number of piperidine rings is 1. The maximum absolute atomic E-state index is 13.4. The molecule has 2 amide bonds. The van der Waals surface area contributed by atoms with Crippen molar-refractivity contribution in [3.8, 4) is 0 Å². The third-order valence-electron chi connectivity index (χ3n) is 7.27. The van der Waals surface area contributed by atoms with Crippen molar-refractivity contribution in [2.24, 2.45) is 5.92 Å². The van der Waals surface area contributed by atoms with Gasteiger partial charge in [0.05, 0.1) is 6.04 Å². The van der Waals surface area contributed by atoms with Crippen molar-refractivity contribution in [3.05, 3.63) is 36.0 Å². The van der Waals surface area contributed by atoms with E-state index in [1.807, 2.05) is 30.5 Å². The Labute approximate surface area is 200 Å². The molecule has 0 unspecified atom stereocenters. The molecule has 5 N–H and O–H groups in total. The zero-order valence-electron chi connectivity index (χ0n) is 19.6. The summed E-state index contributed by atoms with van der Waals surface area (Å²) in [4.78, 5) is 41.5. The molecule has 0 bridgehead atoms. The molecule has 184 valence electrons. The molecule has 1 saturated carbocycles. The zero-order valence-corrected chi connectivity index (χ0v) is 19.6. The summed E-state index contributed by atoms with van der Waals surface area (Å²) >= 11 is 0. The fraction of sp³-hybridized carbons (Fsp3) is 0.577. The number of H-pyrrole nitrogens is 1. The first-order chi connectivity index (χ1) is 16.5. The van der Waals surface area contributed by atoms with Crippen LogP contribution in [0.3, 0.4) is 0 Å². The first kappa shape index (κ1) is 24.3. The molecule has 8 nitrogen and oxygen atoms in total. The molecule has 8 heteroatoms. The lowest BCUT2D eigenvalue weighted by molar-refractivity contribution is -0.142. The fourth-order valence-electron chi connectivity index (χ4n) is 5.33. The molecule has 1 aromatic carbocycles. The van der Waals surface area contributed by atoms with E-state index in [0.717, 1.165) is 68.0 Å². The number of benzene rings is 1. The first-order valence-corrected chi connectivity index (χ1v) is 12.6. The second kappa shape index (κ2) is 11.5. The van der Waals surface area contributed by atoms with Gasteiger partial charge in [0.1, 0.15) is 12.1 Å². The Balaban J connectivity index is 1.49. The van der Waals surface area contributed by atoms with Gasteiger partial charge in [-0.3, -0.25) is 9.59 Å². The molecule has 1 aromatic heterocycles. The van der Waals surface area contributed by atoms with E-state index in [0.29, 0.717) is 12.3 Å². The van der Waals surface area contributed by atoms with Crippen LogP contribution in [0, 0.1) is 5.92 Å². The fourth-order valence-corrected chi connectivity index (χ4v) is 5.33. The van der Waals surface area contributed by atoms with Crippen LogP contribution in [-0.2, 0) is 20.8 Å². The van der Waals surface area contributed by atoms with Crippen LogP contribution >= 0.6 is 0 Å². The quantitative estimate of drug-likeness (QED) is 0.387. The lowest BCUT2D eigenvalue weighted by Gasteiger charge is -2.28. The molecular formula is C26H36N4O4. The number of fused-ring (bicyclic) bond motifs is 1. The third kappa shape index (κ3) is 6.17. The van der Waals surface area contributed by atoms with Crippen LogP contribution in [0.5, 0.6) is 0 Å². The first-order valence-electron chi connectivity index (χ1n) is 12.6. The molecule has 3 atom stereocenters. The standard InChI is InChI=1S/C26H36N4O4/c31-24(21-12-6-7-13-27-21)29-22(15-18-16-28-20-11-5-4-10-19(18)20)25(32)30-23(26(33)34)14-17-8-2-1-3-9-17/h4-5,10-11,16-17,21-23,27-28H,1-3,6-9,12-15H2,(H,29,31)(H,30,32)(H,33,34)/t21-,22-,23-/m0/s1. The number of aliphatic carboxylic acids is 1. The van der Waals surface area contributed by atoms with E-state index in [-0.39, 0.29) is 18.4 Å². The molecule has 2 aromatic rings. The number of carbonyl (C=O) groups is 3. The highest BCUT2D eigenvalue weighted by Crippen LogP contribution is 2.27. The van der Waals surface area contributed by atoms with Gasteiger partial charge in [-0.05, 0) is 43.4 Å². The molecule has 1 aliphatic heterocycles. The van der Waals surface area contributed by atoms with Gasteiger partial charge >= 0.3 is 5.97 Å². The largest absolute Gasteiger partial charge is 0.480 e. The molecular weight excluding hydrogens is 432 g/mol. The number of para-hydroxylation sites is 1. The third-order valence-corrected chi connectivity index (χ3v) is 7.27. The van der Waals surface area contributed by atoms with Gasteiger partial charge in [-0.25, -0.2) is 4.79 Å². The molecule has 0 spiro atoms. The Kier molecular flexibility index (Phi) is 8.21. The van der Waals surface area contributed by atoms with Crippen LogP contribution < -0.4 is 16.0 Å². The summed E-state index contributed by atoms with van der Waals surface area (Å²) in [5, 5.41) is 19.7. The highest BCUT2D eigenvalue weighted by atomic mass is 16.4. The number of carboxylic acid groups (broad SMARTS) is 1. The van der Waals surface area contributed by atoms with Crippen LogP contribution in [-0.4, -0.2) is 52.5 Å². The molecule has 34 heavy (non-hydrogen) atoms. The molecule has 2 heterocycles. The maximum atomic E-state index is 13.4. The molecule has 1 aliphatic carbocycles. The van der Waals surface area contributed by atoms with Crippen LogP contribution in [0.2, 0.25) is 0 Å². The number of hydrogen-bond acceptors (Lipinski definition) is 4. The summed E-state index contributed by atoms with van der Waals surface area (Å²) < 4.78 is 0. The second-order valence-electron chi connectivity index (χ2n) is 9.77. The summed E-state index contributed by atoms with van der Waals surface area (Å²) in [5.41, 5.74) is 1.87. The van der Waals surface area contributed by atoms with E-state index in [9.17, 15) is 19.5 Å². The Hall–Kier alpha value is -2.87. The average Bonchev–Trinajstić information content (AvgIpc) is 3.27. The second-order valence-corrected chi connectivity index (χ2v) is 9.77. The predicted molar refractivity (Wildman–Crippen MR) is 130 cm³/mol. The zero-order chi connectivity index (χ0) is 23.9. The van der Waals surface area contributed by atoms with Gasteiger partial charge in [-0.2, -0.15) is 0 Å². The van der Waals surface area contributed by atoms with Crippen LogP contribution in [0.4, 0.5) is 0 Å². The van der Waals surface area contributed by atoms with Gasteiger partial charge in [0.25, 0.3) is 0 Å². The average molecular weight is 469 g/mol. The number of aromatic amines is 1. The van der Waals surface area contributed by atoms with Crippen molar-refractivity contribution in [2.45, 2.75) is 82.3 Å². The molecule has 2 aliphatic rings. The minimum atomic E-state index is -1.02. The summed E-state index contributed by atoms with van der Waals surface area (Å²) in [6.07, 6.45) is 10.7. The number of nitrogens with one attached hydrogen (secondary N) is 4. The van der Waals surface area contributed by atoms with E-state index in [2.05, 4.69) is 20.9 Å². The van der Waals surface area contributed by atoms with E-state index in [1.54, 1.807) is 0 Å². The van der Waals surface area contributed by atoms with Crippen LogP contribution in [0.15, 0.2) is 30.5 Å². The summed E-state index contributed by atoms with van der Waals surface area (Å²) in [5.74, 6) is -1.37. The monoisotopic (exact) mass is 468 g/mol. The van der Waals surface area contributed by atoms with Crippen molar-refractivity contribution in [1.29, 1.82) is 0 Å². The number of aromatic nitrogens is 1. The van der Waals surface area contributed by atoms with Gasteiger partial charge in [-0.1, -0.05) is 56.7 Å². The minimum Gasteiger partial charge on any atom is -0.480 e. The lowest BCUT2D eigenvalue weighted by Crippen LogP contribution is -2.56. The molecule has 1 saturated heterocycles. The predicted octanol–water partition coefficient (Wildman–Crippen LogP) is 2.88. The minimum absolute atomic E-state index is 0.209. The van der Waals surface area contributed by atoms with E-state index in [1.165, 1.54) is 6.42 Å². The topological polar surface area (TPSA) is 123 Å². The van der Waals surface area contributed by atoms with Crippen molar-refractivity contribution >= 4 is 28.7 Å². The van der Waals surface area contributed by atoms with Gasteiger partial charge < -0.3 is 26.0 Å². The Morgan fingerprint density at radius 3 is 2.47 bits per heavy atom. The smallest absolute Gasteiger partial charge is 0.326 e. The summed E-state index contributed by atoms with van der Waals surface area (Å²) in [6.45, 7) is 0.778. The number of carboxylic acids is 1. The summed E-state index contributed by atoms with van der Waals surface area (Å²) in [6, 6.07) is 5.67. The summed E-state index contributed by atoms with van der Waals surface area (Å²) in [7, 11) is 0. The van der Waals surface area contributed by atoms with Crippen LogP contribution in [0.1, 0.15) is 63.4 Å². The van der Waals surface area contributed by atoms with Gasteiger partial charge in [0, 0.05) is 23.5 Å². The highest BCUT2D eigenvalue weighted by molar-refractivity contribution is 5.93. The number of hydrogen-bond donors (Lipinski definition) is 5. The molecule has 2 fully saturated rings. The molecule has 4 rings (SSSR count). The number of amides is 2. The SMILES string of the molecule is O=C(O)[C@H](CC1CCCCC1)NC(=O)[C@H](Cc1c[nH]c2ccccc12)NC(=O)[C@@H]1CCCCN1. The normalized spacial score (nSPS) is 21.0. The van der Waals surface area contributed by atoms with E-state index in [4.69, 9.17) is 0 Å². The number of carbonyl (C=O) groups excluding carboxylic acids is 2. The van der Waals surface area contributed by atoms with Crippen molar-refractivity contribution in [2.75, 3.05) is 6.54 Å². The highest BCUT2D eigenvalue weighted by Gasteiger charge is 2.31. The molecule has 0 radical (unpaired) electrons. The van der Waals surface area contributed by atoms with Crippen LogP contribution in [0.25, 0.3) is 10.9 Å². The van der Waals surface area contributed by atoms with E-state index < -0.39 is 24.0 Å². The van der Waals surface area contributed by atoms with Crippen molar-refractivity contribution in [3.63, 3.8) is 0 Å². The number of rotatable bonds is 9. The van der Waals surface area contributed by atoms with Crippen molar-refractivity contribution < 1.29 is 19.5 Å². The van der Waals surface area contributed by atoms with Gasteiger partial charge in [0.15, 0.2) is 0 Å². The Bertz CT molecular complexity index is 992. The maximum Gasteiger partial charge on any atom is 0.326 e. The van der Waals surface area contributed by atoms with E-state index >= 15 is 0 Å². The Morgan fingerprint density at radius 1 is 0.971 bits per heavy atom. The van der Waals surface area contributed by atoms with Gasteiger partial charge in [0.2, 0.25) is 11.8 Å². The van der Waals surface area contributed by atoms with Gasteiger partial charge in [-0.15, -0.1) is 0 Å². The van der Waals surface area contributed by atoms with Crippen molar-refractivity contribution in [1.82, 2.24) is 20.9 Å². The Morgan fingerprint density at radius 2 is 1.74 bits per heavy atom. The lowest BCUT2D eigenvalue weighted by atomic mass is 9.84.